The second kappa shape index (κ2) is 9.98. The highest BCUT2D eigenvalue weighted by atomic mass is 16.5. The van der Waals surface area contributed by atoms with Crippen LogP contribution < -0.4 is 4.90 Å². The van der Waals surface area contributed by atoms with Crippen LogP contribution >= 0.6 is 0 Å². The zero-order chi connectivity index (χ0) is 23.3. The number of amides is 2. The van der Waals surface area contributed by atoms with Crippen LogP contribution in [0.2, 0.25) is 0 Å². The first-order valence-corrected chi connectivity index (χ1v) is 11.5. The van der Waals surface area contributed by atoms with Gasteiger partial charge in [-0.1, -0.05) is 48.5 Å². The summed E-state index contributed by atoms with van der Waals surface area (Å²) in [6.45, 7) is 5.88. The first kappa shape index (κ1) is 22.7. The van der Waals surface area contributed by atoms with Crippen molar-refractivity contribution in [2.24, 2.45) is 0 Å². The van der Waals surface area contributed by atoms with Gasteiger partial charge in [-0.2, -0.15) is 4.98 Å². The van der Waals surface area contributed by atoms with E-state index in [1.807, 2.05) is 72.5 Å². The Morgan fingerprint density at radius 3 is 2.27 bits per heavy atom. The summed E-state index contributed by atoms with van der Waals surface area (Å²) in [5.74, 6) is 1.19. The SMILES string of the molecule is CCN(C(=O)CCC(=O)N1CCC(C)(c2noc(-c3ccccc3)n2)CC1)c1ccccc1. The van der Waals surface area contributed by atoms with Crippen molar-refractivity contribution < 1.29 is 14.1 Å². The van der Waals surface area contributed by atoms with Crippen LogP contribution in [0.4, 0.5) is 5.69 Å². The zero-order valence-electron chi connectivity index (χ0n) is 19.2. The van der Waals surface area contributed by atoms with Crippen molar-refractivity contribution in [1.82, 2.24) is 15.0 Å². The highest BCUT2D eigenvalue weighted by Gasteiger charge is 2.37. The lowest BCUT2D eigenvalue weighted by Gasteiger charge is -2.37. The van der Waals surface area contributed by atoms with Crippen molar-refractivity contribution in [2.75, 3.05) is 24.5 Å². The predicted molar refractivity (Wildman–Crippen MR) is 127 cm³/mol. The quantitative estimate of drug-likeness (QED) is 0.536. The fourth-order valence-electron chi connectivity index (χ4n) is 4.26. The normalized spacial score (nSPS) is 15.3. The molecule has 0 saturated carbocycles. The molecule has 0 spiro atoms. The third-order valence-electron chi connectivity index (χ3n) is 6.44. The van der Waals surface area contributed by atoms with Crippen molar-refractivity contribution in [3.05, 3.63) is 66.5 Å². The number of carbonyl (C=O) groups is 2. The van der Waals surface area contributed by atoms with Crippen LogP contribution in [0, 0.1) is 0 Å². The summed E-state index contributed by atoms with van der Waals surface area (Å²) in [4.78, 5) is 33.7. The molecule has 1 aliphatic heterocycles. The average molecular weight is 447 g/mol. The van der Waals surface area contributed by atoms with Gasteiger partial charge in [-0.15, -0.1) is 0 Å². The topological polar surface area (TPSA) is 79.5 Å². The van der Waals surface area contributed by atoms with E-state index < -0.39 is 0 Å². The maximum Gasteiger partial charge on any atom is 0.257 e. The Labute approximate surface area is 194 Å². The molecule has 1 aliphatic rings. The van der Waals surface area contributed by atoms with Crippen molar-refractivity contribution in [1.29, 1.82) is 0 Å². The summed E-state index contributed by atoms with van der Waals surface area (Å²) in [5, 5.41) is 4.24. The van der Waals surface area contributed by atoms with Crippen LogP contribution in [0.5, 0.6) is 0 Å². The Balaban J connectivity index is 1.31. The monoisotopic (exact) mass is 446 g/mol. The van der Waals surface area contributed by atoms with E-state index in [4.69, 9.17) is 4.52 Å². The number of benzene rings is 2. The molecule has 1 saturated heterocycles. The molecule has 172 valence electrons. The van der Waals surface area contributed by atoms with Gasteiger partial charge in [0.15, 0.2) is 5.82 Å². The highest BCUT2D eigenvalue weighted by Crippen LogP contribution is 2.34. The lowest BCUT2D eigenvalue weighted by atomic mass is 9.79. The molecule has 33 heavy (non-hydrogen) atoms. The van der Waals surface area contributed by atoms with Gasteiger partial charge in [0.05, 0.1) is 0 Å². The van der Waals surface area contributed by atoms with Gasteiger partial charge in [-0.25, -0.2) is 0 Å². The molecule has 3 aromatic rings. The van der Waals surface area contributed by atoms with Crippen molar-refractivity contribution >= 4 is 17.5 Å². The first-order valence-electron chi connectivity index (χ1n) is 11.5. The molecule has 0 radical (unpaired) electrons. The molecule has 0 bridgehead atoms. The van der Waals surface area contributed by atoms with E-state index in [2.05, 4.69) is 17.1 Å². The third kappa shape index (κ3) is 5.13. The number of carbonyl (C=O) groups excluding carboxylic acids is 2. The lowest BCUT2D eigenvalue weighted by Crippen LogP contribution is -2.44. The van der Waals surface area contributed by atoms with E-state index >= 15 is 0 Å². The van der Waals surface area contributed by atoms with Crippen LogP contribution in [-0.4, -0.2) is 46.5 Å². The van der Waals surface area contributed by atoms with Crippen LogP contribution in [0.1, 0.15) is 45.4 Å². The standard InChI is InChI=1S/C26H30N4O3/c1-3-30(21-12-8-5-9-13-21)23(32)15-14-22(31)29-18-16-26(2,17-19-29)25-27-24(33-28-25)20-10-6-4-7-11-20/h4-13H,3,14-19H2,1-2H3. The molecule has 4 rings (SSSR count). The average Bonchev–Trinajstić information content (AvgIpc) is 3.36. The van der Waals surface area contributed by atoms with Crippen molar-refractivity contribution in [3.8, 4) is 11.5 Å². The molecule has 2 heterocycles. The van der Waals surface area contributed by atoms with E-state index in [1.165, 1.54) is 0 Å². The minimum absolute atomic E-state index is 0.0209. The number of rotatable bonds is 7. The minimum atomic E-state index is -0.241. The Kier molecular flexibility index (Phi) is 6.87. The molecular weight excluding hydrogens is 416 g/mol. The summed E-state index contributed by atoms with van der Waals surface area (Å²) in [6, 6.07) is 19.3. The number of nitrogens with zero attached hydrogens (tertiary/aromatic N) is 4. The first-order chi connectivity index (χ1) is 16.0. The molecule has 0 N–H and O–H groups in total. The van der Waals surface area contributed by atoms with Gasteiger partial charge in [0.2, 0.25) is 11.8 Å². The van der Waals surface area contributed by atoms with Gasteiger partial charge in [0, 0.05) is 49.1 Å². The van der Waals surface area contributed by atoms with Gasteiger partial charge in [-0.3, -0.25) is 9.59 Å². The number of likely N-dealkylation sites (tertiary alicyclic amines) is 1. The van der Waals surface area contributed by atoms with Gasteiger partial charge < -0.3 is 14.3 Å². The Bertz CT molecular complexity index is 1070. The summed E-state index contributed by atoms with van der Waals surface area (Å²) in [6.07, 6.45) is 1.94. The molecule has 0 unspecified atom stereocenters. The molecule has 7 nitrogen and oxygen atoms in total. The molecule has 2 aromatic carbocycles. The second-order valence-corrected chi connectivity index (χ2v) is 8.70. The smallest absolute Gasteiger partial charge is 0.257 e. The second-order valence-electron chi connectivity index (χ2n) is 8.70. The van der Waals surface area contributed by atoms with Crippen LogP contribution in [0.3, 0.4) is 0 Å². The summed E-state index contributed by atoms with van der Waals surface area (Å²) in [5.41, 5.74) is 1.52. The Morgan fingerprint density at radius 2 is 1.64 bits per heavy atom. The molecule has 0 atom stereocenters. The molecule has 1 aromatic heterocycles. The third-order valence-corrected chi connectivity index (χ3v) is 6.44. The van der Waals surface area contributed by atoms with E-state index in [-0.39, 0.29) is 30.1 Å². The number of anilines is 1. The number of para-hydroxylation sites is 1. The van der Waals surface area contributed by atoms with Crippen molar-refractivity contribution in [2.45, 2.75) is 44.9 Å². The van der Waals surface area contributed by atoms with Crippen LogP contribution in [0.15, 0.2) is 65.2 Å². The van der Waals surface area contributed by atoms with Crippen LogP contribution in [0.25, 0.3) is 11.5 Å². The molecule has 2 amide bonds. The fourth-order valence-corrected chi connectivity index (χ4v) is 4.26. The predicted octanol–water partition coefficient (Wildman–Crippen LogP) is 4.45. The number of aromatic nitrogens is 2. The largest absolute Gasteiger partial charge is 0.343 e. The van der Waals surface area contributed by atoms with Gasteiger partial charge >= 0.3 is 0 Å². The highest BCUT2D eigenvalue weighted by molar-refractivity contribution is 5.95. The Morgan fingerprint density at radius 1 is 1.00 bits per heavy atom. The lowest BCUT2D eigenvalue weighted by molar-refractivity contribution is -0.134. The van der Waals surface area contributed by atoms with Gasteiger partial charge in [-0.05, 0) is 44.0 Å². The Hall–Kier alpha value is -3.48. The van der Waals surface area contributed by atoms with Gasteiger partial charge in [0.25, 0.3) is 5.89 Å². The van der Waals surface area contributed by atoms with Crippen LogP contribution in [-0.2, 0) is 15.0 Å². The fraction of sp³-hybridized carbons (Fsp3) is 0.385. The zero-order valence-corrected chi connectivity index (χ0v) is 19.2. The minimum Gasteiger partial charge on any atom is -0.343 e. The molecule has 1 fully saturated rings. The molecular formula is C26H30N4O3. The number of hydrogen-bond acceptors (Lipinski definition) is 5. The maximum atomic E-state index is 12.8. The van der Waals surface area contributed by atoms with E-state index in [0.717, 1.165) is 24.1 Å². The maximum absolute atomic E-state index is 12.8. The molecule has 0 aliphatic carbocycles. The van der Waals surface area contributed by atoms with E-state index in [9.17, 15) is 9.59 Å². The van der Waals surface area contributed by atoms with Crippen molar-refractivity contribution in [3.63, 3.8) is 0 Å². The summed E-state index contributed by atoms with van der Waals surface area (Å²) in [7, 11) is 0. The summed E-state index contributed by atoms with van der Waals surface area (Å²) >= 11 is 0. The molecule has 7 heteroatoms. The van der Waals surface area contributed by atoms with E-state index in [0.29, 0.717) is 31.3 Å². The van der Waals surface area contributed by atoms with E-state index in [1.54, 1.807) is 4.90 Å². The van der Waals surface area contributed by atoms with Gasteiger partial charge in [0.1, 0.15) is 0 Å². The summed E-state index contributed by atoms with van der Waals surface area (Å²) < 4.78 is 5.49. The number of piperidine rings is 1. The number of hydrogen-bond donors (Lipinski definition) is 0.